The maximum absolute atomic E-state index is 7.97. The summed E-state index contributed by atoms with van der Waals surface area (Å²) in [5.41, 5.74) is 1.96. The van der Waals surface area contributed by atoms with E-state index in [2.05, 4.69) is 34.8 Å². The largest absolute Gasteiger partial charge is 0.481 e. The van der Waals surface area contributed by atoms with Crippen molar-refractivity contribution in [2.24, 2.45) is 0 Å². The number of anilines is 1. The first-order valence-corrected chi connectivity index (χ1v) is 9.51. The molecule has 1 aliphatic carbocycles. The number of methoxy groups -OCH3 is 1. The van der Waals surface area contributed by atoms with Gasteiger partial charge in [0.05, 0.1) is 34.7 Å². The summed E-state index contributed by atoms with van der Waals surface area (Å²) in [4.78, 5) is 2.35. The van der Waals surface area contributed by atoms with Gasteiger partial charge in [-0.05, 0) is 41.3 Å². The first kappa shape index (κ1) is 17.2. The Morgan fingerprint density at radius 3 is 2.52 bits per heavy atom. The Hall–Kier alpha value is -0.630. The quantitative estimate of drug-likeness (QED) is 0.614. The summed E-state index contributed by atoms with van der Waals surface area (Å²) in [5, 5.41) is 9.17. The van der Waals surface area contributed by atoms with Crippen LogP contribution in [0.2, 0.25) is 0 Å². The van der Waals surface area contributed by atoms with E-state index in [0.29, 0.717) is 6.04 Å². The van der Waals surface area contributed by atoms with Crippen molar-refractivity contribution in [1.82, 2.24) is 0 Å². The number of hydrogen-bond acceptors (Lipinski definition) is 6. The SMILES string of the molecule is COC(=N)c1c(Br)sc(N(C)C2CCC3(CC2)OCCO3)c1C. The van der Waals surface area contributed by atoms with Crippen molar-refractivity contribution in [2.45, 2.75) is 44.4 Å². The molecule has 0 amide bonds. The van der Waals surface area contributed by atoms with Crippen LogP contribution in [0.4, 0.5) is 5.00 Å². The smallest absolute Gasteiger partial charge is 0.215 e. The summed E-state index contributed by atoms with van der Waals surface area (Å²) in [5.74, 6) is -0.105. The summed E-state index contributed by atoms with van der Waals surface area (Å²) in [6.45, 7) is 3.50. The monoisotopic (exact) mass is 402 g/mol. The van der Waals surface area contributed by atoms with Crippen LogP contribution in [-0.4, -0.2) is 45.1 Å². The highest BCUT2D eigenvalue weighted by atomic mass is 79.9. The molecule has 23 heavy (non-hydrogen) atoms. The molecule has 2 heterocycles. The zero-order valence-corrected chi connectivity index (χ0v) is 16.2. The summed E-state index contributed by atoms with van der Waals surface area (Å²) in [6, 6.07) is 0.474. The number of thiophene rings is 1. The Balaban J connectivity index is 1.74. The number of ether oxygens (including phenoxy) is 3. The highest BCUT2D eigenvalue weighted by Gasteiger charge is 2.41. The van der Waals surface area contributed by atoms with Gasteiger partial charge in [-0.15, -0.1) is 11.3 Å². The van der Waals surface area contributed by atoms with E-state index in [1.807, 2.05) is 0 Å². The molecule has 2 fully saturated rings. The molecule has 5 nitrogen and oxygen atoms in total. The molecule has 0 unspecified atom stereocenters. The summed E-state index contributed by atoms with van der Waals surface area (Å²) < 4.78 is 17.7. The Morgan fingerprint density at radius 1 is 1.35 bits per heavy atom. The Morgan fingerprint density at radius 2 is 1.96 bits per heavy atom. The minimum Gasteiger partial charge on any atom is -0.481 e. The van der Waals surface area contributed by atoms with E-state index in [-0.39, 0.29) is 11.7 Å². The minimum atomic E-state index is -0.314. The van der Waals surface area contributed by atoms with Crippen LogP contribution in [0.15, 0.2) is 3.79 Å². The molecule has 3 rings (SSSR count). The number of nitrogens with zero attached hydrogens (tertiary/aromatic N) is 1. The molecular weight excluding hydrogens is 380 g/mol. The van der Waals surface area contributed by atoms with Gasteiger partial charge in [0.2, 0.25) is 5.90 Å². The molecule has 1 aromatic heterocycles. The molecular formula is C16H23BrN2O3S. The number of rotatable bonds is 3. The van der Waals surface area contributed by atoms with Crippen LogP contribution in [0.1, 0.15) is 36.8 Å². The van der Waals surface area contributed by atoms with Crippen LogP contribution >= 0.6 is 27.3 Å². The molecule has 0 aromatic carbocycles. The van der Waals surface area contributed by atoms with E-state index in [4.69, 9.17) is 19.6 Å². The van der Waals surface area contributed by atoms with Gasteiger partial charge in [0.1, 0.15) is 0 Å². The van der Waals surface area contributed by atoms with Gasteiger partial charge in [-0.2, -0.15) is 0 Å². The van der Waals surface area contributed by atoms with Crippen molar-refractivity contribution >= 4 is 38.2 Å². The van der Waals surface area contributed by atoms with Crippen LogP contribution < -0.4 is 4.90 Å². The molecule has 1 aliphatic heterocycles. The summed E-state index contributed by atoms with van der Waals surface area (Å²) in [6.07, 6.45) is 4.02. The van der Waals surface area contributed by atoms with E-state index in [9.17, 15) is 0 Å². The standard InChI is InChI=1S/C16H23BrN2O3S/c1-10-12(14(18)20-3)13(17)23-15(10)19(2)11-4-6-16(7-5-11)21-8-9-22-16/h11,18H,4-9H2,1-3H3. The molecule has 7 heteroatoms. The molecule has 0 atom stereocenters. The van der Waals surface area contributed by atoms with E-state index in [1.54, 1.807) is 11.3 Å². The average Bonchev–Trinajstić information content (AvgIpc) is 3.12. The number of hydrogen-bond donors (Lipinski definition) is 1. The predicted molar refractivity (Wildman–Crippen MR) is 95.9 cm³/mol. The minimum absolute atomic E-state index is 0.209. The van der Waals surface area contributed by atoms with Gasteiger partial charge in [-0.25, -0.2) is 0 Å². The molecule has 1 N–H and O–H groups in total. The molecule has 0 bridgehead atoms. The zero-order chi connectivity index (χ0) is 16.6. The van der Waals surface area contributed by atoms with Crippen LogP contribution in [0.25, 0.3) is 0 Å². The average molecular weight is 403 g/mol. The van der Waals surface area contributed by atoms with Gasteiger partial charge in [-0.3, -0.25) is 5.41 Å². The Bertz CT molecular complexity index is 588. The lowest BCUT2D eigenvalue weighted by atomic mass is 9.89. The molecule has 1 saturated carbocycles. The van der Waals surface area contributed by atoms with E-state index < -0.39 is 0 Å². The van der Waals surface area contributed by atoms with Crippen molar-refractivity contribution < 1.29 is 14.2 Å². The van der Waals surface area contributed by atoms with Crippen molar-refractivity contribution in [1.29, 1.82) is 5.41 Å². The van der Waals surface area contributed by atoms with Gasteiger partial charge in [0, 0.05) is 25.9 Å². The second kappa shape index (κ2) is 6.70. The lowest BCUT2D eigenvalue weighted by Gasteiger charge is -2.39. The zero-order valence-electron chi connectivity index (χ0n) is 13.8. The third kappa shape index (κ3) is 3.16. The van der Waals surface area contributed by atoms with Gasteiger partial charge >= 0.3 is 0 Å². The van der Waals surface area contributed by atoms with Crippen LogP contribution in [0, 0.1) is 12.3 Å². The van der Waals surface area contributed by atoms with E-state index >= 15 is 0 Å². The summed E-state index contributed by atoms with van der Waals surface area (Å²) in [7, 11) is 3.68. The predicted octanol–water partition coefficient (Wildman–Crippen LogP) is 3.91. The van der Waals surface area contributed by atoms with Crippen molar-refractivity contribution in [3.8, 4) is 0 Å². The molecule has 2 aliphatic rings. The van der Waals surface area contributed by atoms with E-state index in [1.165, 1.54) is 12.1 Å². The van der Waals surface area contributed by atoms with Gasteiger partial charge in [0.15, 0.2) is 5.79 Å². The third-order valence-electron chi connectivity index (χ3n) is 4.91. The number of nitrogens with one attached hydrogen (secondary N) is 1. The van der Waals surface area contributed by atoms with Crippen molar-refractivity contribution in [2.75, 3.05) is 32.3 Å². The molecule has 1 saturated heterocycles. The molecule has 1 spiro atoms. The van der Waals surface area contributed by atoms with Gasteiger partial charge < -0.3 is 19.1 Å². The second-order valence-corrected chi connectivity index (χ2v) is 8.48. The Labute approximate surface area is 149 Å². The number of halogens is 1. The van der Waals surface area contributed by atoms with E-state index in [0.717, 1.165) is 53.8 Å². The van der Waals surface area contributed by atoms with Crippen LogP contribution in [-0.2, 0) is 14.2 Å². The highest BCUT2D eigenvalue weighted by molar-refractivity contribution is 9.11. The lowest BCUT2D eigenvalue weighted by molar-refractivity contribution is -0.178. The van der Waals surface area contributed by atoms with Crippen LogP contribution in [0.5, 0.6) is 0 Å². The first-order chi connectivity index (χ1) is 11.0. The fourth-order valence-electron chi connectivity index (χ4n) is 3.55. The van der Waals surface area contributed by atoms with Gasteiger partial charge in [0.25, 0.3) is 0 Å². The first-order valence-electron chi connectivity index (χ1n) is 7.90. The fraction of sp³-hybridized carbons (Fsp3) is 0.688. The topological polar surface area (TPSA) is 54.8 Å². The van der Waals surface area contributed by atoms with Crippen molar-refractivity contribution in [3.63, 3.8) is 0 Å². The van der Waals surface area contributed by atoms with Crippen molar-refractivity contribution in [3.05, 3.63) is 14.9 Å². The maximum Gasteiger partial charge on any atom is 0.215 e. The summed E-state index contributed by atoms with van der Waals surface area (Å²) >= 11 is 5.25. The second-order valence-electron chi connectivity index (χ2n) is 6.16. The molecule has 128 valence electrons. The lowest BCUT2D eigenvalue weighted by Crippen LogP contribution is -2.42. The maximum atomic E-state index is 7.97. The van der Waals surface area contributed by atoms with Crippen LogP contribution in [0.3, 0.4) is 0 Å². The third-order valence-corrected chi connectivity index (χ3v) is 6.96. The fourth-order valence-corrected chi connectivity index (χ4v) is 5.55. The highest BCUT2D eigenvalue weighted by Crippen LogP contribution is 2.43. The Kier molecular flexibility index (Phi) is 5.01. The molecule has 0 radical (unpaired) electrons. The van der Waals surface area contributed by atoms with Gasteiger partial charge in [-0.1, -0.05) is 0 Å². The molecule has 1 aromatic rings. The normalized spacial score (nSPS) is 20.9.